The Morgan fingerprint density at radius 2 is 2.19 bits per heavy atom. The van der Waals surface area contributed by atoms with E-state index in [1.54, 1.807) is 17.1 Å². The fraction of sp³-hybridized carbons (Fsp3) is 0.750. The van der Waals surface area contributed by atoms with Crippen LogP contribution in [0.15, 0.2) is 12.4 Å². The number of rotatable bonds is 6. The van der Waals surface area contributed by atoms with Crippen LogP contribution in [0, 0.1) is 5.92 Å². The summed E-state index contributed by atoms with van der Waals surface area (Å²) in [5, 5.41) is 17.0. The summed E-state index contributed by atoms with van der Waals surface area (Å²) in [6.45, 7) is 4.82. The number of nitrogens with one attached hydrogen (secondary N) is 1. The highest BCUT2D eigenvalue weighted by Crippen LogP contribution is 2.32. The van der Waals surface area contributed by atoms with Gasteiger partial charge in [0.1, 0.15) is 0 Å². The number of amides is 1. The molecule has 1 heterocycles. The second kappa shape index (κ2) is 7.07. The molecule has 118 valence electrons. The van der Waals surface area contributed by atoms with Gasteiger partial charge in [-0.3, -0.25) is 9.48 Å². The van der Waals surface area contributed by atoms with Crippen molar-refractivity contribution in [1.82, 2.24) is 15.1 Å². The van der Waals surface area contributed by atoms with E-state index < -0.39 is 5.54 Å². The van der Waals surface area contributed by atoms with Crippen molar-refractivity contribution in [3.63, 3.8) is 0 Å². The summed E-state index contributed by atoms with van der Waals surface area (Å²) in [5.41, 5.74) is 0.0311. The first kappa shape index (κ1) is 16.0. The van der Waals surface area contributed by atoms with Crippen LogP contribution in [0.3, 0.4) is 0 Å². The molecule has 0 aromatic carbocycles. The molecule has 0 saturated heterocycles. The molecule has 0 radical (unpaired) electrons. The van der Waals surface area contributed by atoms with Gasteiger partial charge in [0, 0.05) is 12.7 Å². The van der Waals surface area contributed by atoms with E-state index in [4.69, 9.17) is 0 Å². The number of carbonyl (C=O) groups is 1. The van der Waals surface area contributed by atoms with Gasteiger partial charge in [-0.1, -0.05) is 26.2 Å². The predicted octanol–water partition coefficient (Wildman–Crippen LogP) is 2.35. The van der Waals surface area contributed by atoms with E-state index in [0.717, 1.165) is 25.8 Å². The summed E-state index contributed by atoms with van der Waals surface area (Å²) < 4.78 is 1.78. The van der Waals surface area contributed by atoms with E-state index in [1.165, 1.54) is 19.3 Å². The molecule has 1 aliphatic rings. The van der Waals surface area contributed by atoms with Crippen LogP contribution in [0.4, 0.5) is 0 Å². The lowest BCUT2D eigenvalue weighted by Crippen LogP contribution is -2.54. The topological polar surface area (TPSA) is 67.2 Å². The number of hydrogen-bond acceptors (Lipinski definition) is 3. The molecular formula is C16H27N3O2. The van der Waals surface area contributed by atoms with Gasteiger partial charge in [0.15, 0.2) is 0 Å². The van der Waals surface area contributed by atoms with Crippen LogP contribution in [-0.4, -0.2) is 32.9 Å². The molecule has 1 atom stereocenters. The Morgan fingerprint density at radius 1 is 1.48 bits per heavy atom. The Bertz CT molecular complexity index is 466. The van der Waals surface area contributed by atoms with E-state index >= 15 is 0 Å². The fourth-order valence-electron chi connectivity index (χ4n) is 3.17. The van der Waals surface area contributed by atoms with Gasteiger partial charge in [-0.25, -0.2) is 0 Å². The van der Waals surface area contributed by atoms with E-state index in [0.29, 0.717) is 11.5 Å². The number of aliphatic hydroxyl groups excluding tert-OH is 1. The van der Waals surface area contributed by atoms with Crippen LogP contribution in [0.2, 0.25) is 0 Å². The Hall–Kier alpha value is -1.36. The highest BCUT2D eigenvalue weighted by Gasteiger charge is 2.36. The van der Waals surface area contributed by atoms with Gasteiger partial charge >= 0.3 is 0 Å². The number of nitrogens with zero attached hydrogens (tertiary/aromatic N) is 2. The number of aryl methyl sites for hydroxylation is 1. The third-order valence-corrected chi connectivity index (χ3v) is 4.58. The van der Waals surface area contributed by atoms with E-state index in [2.05, 4.69) is 17.3 Å². The maximum atomic E-state index is 12.4. The monoisotopic (exact) mass is 293 g/mol. The smallest absolute Gasteiger partial charge is 0.254 e. The van der Waals surface area contributed by atoms with Gasteiger partial charge < -0.3 is 10.4 Å². The summed E-state index contributed by atoms with van der Waals surface area (Å²) in [7, 11) is 0. The van der Waals surface area contributed by atoms with Crippen LogP contribution in [0.1, 0.15) is 62.7 Å². The zero-order valence-corrected chi connectivity index (χ0v) is 13.1. The maximum Gasteiger partial charge on any atom is 0.254 e. The van der Waals surface area contributed by atoms with Crippen LogP contribution in [0.25, 0.3) is 0 Å². The molecule has 0 spiro atoms. The number of carbonyl (C=O) groups excluding carboxylic acids is 1. The second-order valence-electron chi connectivity index (χ2n) is 6.36. The normalized spacial score (nSPS) is 19.2. The van der Waals surface area contributed by atoms with Crippen molar-refractivity contribution in [2.75, 3.05) is 6.61 Å². The summed E-state index contributed by atoms with van der Waals surface area (Å²) in [6.07, 6.45) is 10.1. The number of aliphatic hydroxyl groups is 1. The van der Waals surface area contributed by atoms with Gasteiger partial charge in [0.25, 0.3) is 5.91 Å². The SMILES string of the molecule is CCCn1cc(C(=O)N[C@](C)(CO)C2CCCCC2)cn1. The number of aromatic nitrogens is 2. The maximum absolute atomic E-state index is 12.4. The Labute approximate surface area is 126 Å². The largest absolute Gasteiger partial charge is 0.394 e. The molecule has 1 aromatic heterocycles. The first-order chi connectivity index (χ1) is 10.1. The summed E-state index contributed by atoms with van der Waals surface area (Å²) in [6, 6.07) is 0. The minimum absolute atomic E-state index is 0.0213. The summed E-state index contributed by atoms with van der Waals surface area (Å²) in [5.74, 6) is 0.213. The van der Waals surface area contributed by atoms with Crippen molar-refractivity contribution in [2.24, 2.45) is 5.92 Å². The number of hydrogen-bond donors (Lipinski definition) is 2. The predicted molar refractivity (Wildman–Crippen MR) is 82.1 cm³/mol. The lowest BCUT2D eigenvalue weighted by molar-refractivity contribution is 0.0679. The molecule has 1 amide bonds. The van der Waals surface area contributed by atoms with Crippen molar-refractivity contribution in [2.45, 2.75) is 64.5 Å². The molecule has 5 nitrogen and oxygen atoms in total. The van der Waals surface area contributed by atoms with Crippen molar-refractivity contribution in [3.05, 3.63) is 18.0 Å². The lowest BCUT2D eigenvalue weighted by Gasteiger charge is -2.39. The Balaban J connectivity index is 2.03. The molecule has 21 heavy (non-hydrogen) atoms. The van der Waals surface area contributed by atoms with Crippen LogP contribution < -0.4 is 5.32 Å². The van der Waals surface area contributed by atoms with Gasteiger partial charge in [-0.05, 0) is 32.1 Å². The highest BCUT2D eigenvalue weighted by atomic mass is 16.3. The summed E-state index contributed by atoms with van der Waals surface area (Å²) in [4.78, 5) is 12.4. The average Bonchev–Trinajstić information content (AvgIpc) is 2.97. The standard InChI is InChI=1S/C16H27N3O2/c1-3-9-19-11-13(10-17-19)15(21)18-16(2,12-20)14-7-5-4-6-8-14/h10-11,14,20H,3-9,12H2,1-2H3,(H,18,21)/t16-/m1/s1. The molecule has 0 unspecified atom stereocenters. The zero-order chi connectivity index (χ0) is 15.3. The molecule has 1 fully saturated rings. The quantitative estimate of drug-likeness (QED) is 0.846. The molecular weight excluding hydrogens is 266 g/mol. The van der Waals surface area contributed by atoms with Gasteiger partial charge in [-0.15, -0.1) is 0 Å². The van der Waals surface area contributed by atoms with Crippen molar-refractivity contribution in [1.29, 1.82) is 0 Å². The van der Waals surface area contributed by atoms with Crippen molar-refractivity contribution < 1.29 is 9.90 Å². The van der Waals surface area contributed by atoms with Crippen molar-refractivity contribution >= 4 is 5.91 Å². The van der Waals surface area contributed by atoms with Crippen molar-refractivity contribution in [3.8, 4) is 0 Å². The highest BCUT2D eigenvalue weighted by molar-refractivity contribution is 5.94. The van der Waals surface area contributed by atoms with Gasteiger partial charge in [0.05, 0.1) is 23.9 Å². The molecule has 0 bridgehead atoms. The van der Waals surface area contributed by atoms with Crippen LogP contribution >= 0.6 is 0 Å². The summed E-state index contributed by atoms with van der Waals surface area (Å²) >= 11 is 0. The Kier molecular flexibility index (Phi) is 5.39. The van der Waals surface area contributed by atoms with Crippen LogP contribution in [0.5, 0.6) is 0 Å². The Morgan fingerprint density at radius 3 is 2.81 bits per heavy atom. The molecule has 1 aliphatic carbocycles. The molecule has 1 saturated carbocycles. The third-order valence-electron chi connectivity index (χ3n) is 4.58. The third kappa shape index (κ3) is 3.84. The average molecular weight is 293 g/mol. The molecule has 2 rings (SSSR count). The van der Waals surface area contributed by atoms with Gasteiger partial charge in [0.2, 0.25) is 0 Å². The molecule has 2 N–H and O–H groups in total. The van der Waals surface area contributed by atoms with Crippen LogP contribution in [-0.2, 0) is 6.54 Å². The lowest BCUT2D eigenvalue weighted by atomic mass is 9.76. The first-order valence-electron chi connectivity index (χ1n) is 8.05. The molecule has 5 heteroatoms. The van der Waals surface area contributed by atoms with Gasteiger partial charge in [-0.2, -0.15) is 5.10 Å². The van der Waals surface area contributed by atoms with E-state index in [-0.39, 0.29) is 12.5 Å². The fourth-order valence-corrected chi connectivity index (χ4v) is 3.17. The second-order valence-corrected chi connectivity index (χ2v) is 6.36. The van der Waals surface area contributed by atoms with E-state index in [1.807, 2.05) is 6.92 Å². The molecule has 1 aromatic rings. The zero-order valence-electron chi connectivity index (χ0n) is 13.1. The van der Waals surface area contributed by atoms with E-state index in [9.17, 15) is 9.90 Å². The minimum atomic E-state index is -0.537. The molecule has 0 aliphatic heterocycles. The first-order valence-corrected chi connectivity index (χ1v) is 8.05. The minimum Gasteiger partial charge on any atom is -0.394 e.